The molecule has 27 heavy (non-hydrogen) atoms. The molecular formula is C18H19N7O2. The highest BCUT2D eigenvalue weighted by atomic mass is 16.5. The molecule has 4 heterocycles. The van der Waals surface area contributed by atoms with Crippen molar-refractivity contribution in [3.63, 3.8) is 0 Å². The van der Waals surface area contributed by atoms with Gasteiger partial charge in [-0.3, -0.25) is 4.40 Å². The highest BCUT2D eigenvalue weighted by Gasteiger charge is 2.38. The number of methoxy groups -OCH3 is 1. The van der Waals surface area contributed by atoms with E-state index in [0.717, 1.165) is 16.5 Å². The van der Waals surface area contributed by atoms with Gasteiger partial charge in [-0.15, -0.1) is 0 Å². The fraction of sp³-hybridized carbons (Fsp3) is 0.333. The Kier molecular flexibility index (Phi) is 3.35. The molecule has 0 aromatic carbocycles. The SMILES string of the molecule is COc1nc(N[C@H]2C[C@](C)(O)C2)nc2[nH]cc(-c3cnc4nccn4c3)c12. The van der Waals surface area contributed by atoms with Crippen LogP contribution in [0.15, 0.2) is 31.0 Å². The highest BCUT2D eigenvalue weighted by Crippen LogP contribution is 2.36. The van der Waals surface area contributed by atoms with E-state index < -0.39 is 5.60 Å². The largest absolute Gasteiger partial charge is 0.480 e. The Morgan fingerprint density at radius 3 is 2.96 bits per heavy atom. The lowest BCUT2D eigenvalue weighted by Crippen LogP contribution is -2.48. The molecule has 0 atom stereocenters. The fourth-order valence-electron chi connectivity index (χ4n) is 3.68. The van der Waals surface area contributed by atoms with Crippen LogP contribution >= 0.6 is 0 Å². The average Bonchev–Trinajstić information content (AvgIpc) is 3.25. The Morgan fingerprint density at radius 1 is 1.33 bits per heavy atom. The van der Waals surface area contributed by atoms with Crippen LogP contribution in [0.2, 0.25) is 0 Å². The van der Waals surface area contributed by atoms with Gasteiger partial charge < -0.3 is 20.1 Å². The number of imidazole rings is 1. The zero-order valence-corrected chi connectivity index (χ0v) is 15.0. The summed E-state index contributed by atoms with van der Waals surface area (Å²) in [6.07, 6.45) is 10.5. The van der Waals surface area contributed by atoms with Crippen LogP contribution in [0.4, 0.5) is 5.95 Å². The van der Waals surface area contributed by atoms with Gasteiger partial charge in [-0.1, -0.05) is 0 Å². The molecule has 5 rings (SSSR count). The zero-order chi connectivity index (χ0) is 18.6. The Hall–Kier alpha value is -3.20. The van der Waals surface area contributed by atoms with Crippen molar-refractivity contribution in [3.05, 3.63) is 31.0 Å². The van der Waals surface area contributed by atoms with Gasteiger partial charge in [-0.25, -0.2) is 9.97 Å². The zero-order valence-electron chi connectivity index (χ0n) is 15.0. The molecule has 1 aliphatic rings. The third-order valence-corrected chi connectivity index (χ3v) is 4.95. The maximum Gasteiger partial charge on any atom is 0.233 e. The third kappa shape index (κ3) is 2.67. The van der Waals surface area contributed by atoms with Gasteiger partial charge in [0.1, 0.15) is 5.65 Å². The van der Waals surface area contributed by atoms with E-state index in [-0.39, 0.29) is 6.04 Å². The second-order valence-electron chi connectivity index (χ2n) is 7.21. The molecule has 0 amide bonds. The van der Waals surface area contributed by atoms with Crippen molar-refractivity contribution in [2.75, 3.05) is 12.4 Å². The molecule has 4 aromatic rings. The molecule has 3 N–H and O–H groups in total. The van der Waals surface area contributed by atoms with Crippen molar-refractivity contribution >= 4 is 22.8 Å². The number of nitrogens with zero attached hydrogens (tertiary/aromatic N) is 5. The number of anilines is 1. The molecule has 0 bridgehead atoms. The minimum absolute atomic E-state index is 0.157. The predicted octanol–water partition coefficient (Wildman–Crippen LogP) is 2.00. The molecule has 0 spiro atoms. The van der Waals surface area contributed by atoms with E-state index in [0.29, 0.717) is 36.1 Å². The van der Waals surface area contributed by atoms with E-state index in [2.05, 4.69) is 30.2 Å². The molecule has 4 aromatic heterocycles. The average molecular weight is 365 g/mol. The number of fused-ring (bicyclic) bond motifs is 2. The molecule has 0 aliphatic heterocycles. The smallest absolute Gasteiger partial charge is 0.233 e. The predicted molar refractivity (Wildman–Crippen MR) is 99.7 cm³/mol. The summed E-state index contributed by atoms with van der Waals surface area (Å²) in [7, 11) is 1.59. The van der Waals surface area contributed by atoms with Crippen molar-refractivity contribution in [3.8, 4) is 17.0 Å². The molecule has 9 heteroatoms. The van der Waals surface area contributed by atoms with Gasteiger partial charge in [0.05, 0.1) is 18.1 Å². The summed E-state index contributed by atoms with van der Waals surface area (Å²) in [5.74, 6) is 1.61. The van der Waals surface area contributed by atoms with Crippen LogP contribution in [0.3, 0.4) is 0 Å². The fourth-order valence-corrected chi connectivity index (χ4v) is 3.68. The van der Waals surface area contributed by atoms with E-state index in [9.17, 15) is 5.11 Å². The third-order valence-electron chi connectivity index (χ3n) is 4.95. The molecule has 0 saturated heterocycles. The normalized spacial score (nSPS) is 22.1. The van der Waals surface area contributed by atoms with Gasteiger partial charge in [0.25, 0.3) is 0 Å². The molecule has 1 aliphatic carbocycles. The van der Waals surface area contributed by atoms with E-state index in [1.165, 1.54) is 0 Å². The number of H-pyrrole nitrogens is 1. The summed E-state index contributed by atoms with van der Waals surface area (Å²) in [4.78, 5) is 20.8. The molecular weight excluding hydrogens is 346 g/mol. The number of aromatic nitrogens is 6. The standard InChI is InChI=1S/C18H19N7O2/c1-18(26)5-11(6-18)22-16-23-14-13(15(24-16)27-2)12(8-20-14)10-7-21-17-19-3-4-25(17)9-10/h3-4,7-9,11,26H,5-6H2,1-2H3,(H2,20,22,23,24)/t11-,18-. The Balaban J connectivity index is 1.55. The van der Waals surface area contributed by atoms with Crippen molar-refractivity contribution in [2.24, 2.45) is 0 Å². The van der Waals surface area contributed by atoms with E-state index in [1.54, 1.807) is 19.5 Å². The van der Waals surface area contributed by atoms with Gasteiger partial charge in [-0.2, -0.15) is 9.97 Å². The summed E-state index contributed by atoms with van der Waals surface area (Å²) in [5, 5.41) is 14.0. The lowest BCUT2D eigenvalue weighted by Gasteiger charge is -2.41. The monoisotopic (exact) mass is 365 g/mol. The van der Waals surface area contributed by atoms with Crippen LogP contribution in [0.5, 0.6) is 5.88 Å². The summed E-state index contributed by atoms with van der Waals surface area (Å²) < 4.78 is 7.40. The van der Waals surface area contributed by atoms with E-state index in [1.807, 2.05) is 29.9 Å². The van der Waals surface area contributed by atoms with Crippen LogP contribution in [-0.4, -0.2) is 53.2 Å². The number of hydrogen-bond acceptors (Lipinski definition) is 7. The lowest BCUT2D eigenvalue weighted by molar-refractivity contribution is -0.0236. The van der Waals surface area contributed by atoms with Crippen LogP contribution < -0.4 is 10.1 Å². The second-order valence-corrected chi connectivity index (χ2v) is 7.21. The molecule has 1 saturated carbocycles. The number of nitrogens with one attached hydrogen (secondary N) is 2. The van der Waals surface area contributed by atoms with Crippen molar-refractivity contribution < 1.29 is 9.84 Å². The number of rotatable bonds is 4. The first kappa shape index (κ1) is 16.0. The van der Waals surface area contributed by atoms with E-state index >= 15 is 0 Å². The molecule has 0 radical (unpaired) electrons. The van der Waals surface area contributed by atoms with Crippen molar-refractivity contribution in [1.82, 2.24) is 29.3 Å². The number of aromatic amines is 1. The summed E-state index contributed by atoms with van der Waals surface area (Å²) in [6.45, 7) is 1.83. The Morgan fingerprint density at radius 2 is 2.19 bits per heavy atom. The second kappa shape index (κ2) is 5.65. The van der Waals surface area contributed by atoms with Crippen LogP contribution in [-0.2, 0) is 0 Å². The summed E-state index contributed by atoms with van der Waals surface area (Å²) in [5.41, 5.74) is 1.88. The van der Waals surface area contributed by atoms with E-state index in [4.69, 9.17) is 4.74 Å². The summed E-state index contributed by atoms with van der Waals surface area (Å²) >= 11 is 0. The number of ether oxygens (including phenoxy) is 1. The summed E-state index contributed by atoms with van der Waals surface area (Å²) in [6, 6.07) is 0.157. The number of hydrogen-bond donors (Lipinski definition) is 3. The first-order valence-electron chi connectivity index (χ1n) is 8.73. The van der Waals surface area contributed by atoms with Gasteiger partial charge in [0.2, 0.25) is 17.6 Å². The topological polar surface area (TPSA) is 113 Å². The minimum atomic E-state index is -0.607. The van der Waals surface area contributed by atoms with Crippen LogP contribution in [0.25, 0.3) is 27.9 Å². The van der Waals surface area contributed by atoms with Gasteiger partial charge in [-0.05, 0) is 19.8 Å². The lowest BCUT2D eigenvalue weighted by atomic mass is 9.77. The maximum absolute atomic E-state index is 9.90. The van der Waals surface area contributed by atoms with Gasteiger partial charge in [0, 0.05) is 48.2 Å². The first-order chi connectivity index (χ1) is 13.0. The Labute approximate surface area is 154 Å². The molecule has 9 nitrogen and oxygen atoms in total. The quantitative estimate of drug-likeness (QED) is 0.507. The van der Waals surface area contributed by atoms with Crippen molar-refractivity contribution in [2.45, 2.75) is 31.4 Å². The maximum atomic E-state index is 9.90. The number of aliphatic hydroxyl groups is 1. The molecule has 1 fully saturated rings. The van der Waals surface area contributed by atoms with Gasteiger partial charge >= 0.3 is 0 Å². The molecule has 138 valence electrons. The van der Waals surface area contributed by atoms with Gasteiger partial charge in [0.15, 0.2) is 0 Å². The van der Waals surface area contributed by atoms with Crippen LogP contribution in [0.1, 0.15) is 19.8 Å². The van der Waals surface area contributed by atoms with Crippen LogP contribution in [0, 0.1) is 0 Å². The van der Waals surface area contributed by atoms with Crippen molar-refractivity contribution in [1.29, 1.82) is 0 Å². The Bertz CT molecular complexity index is 1140. The molecule has 0 unspecified atom stereocenters. The highest BCUT2D eigenvalue weighted by molar-refractivity contribution is 5.97. The minimum Gasteiger partial charge on any atom is -0.480 e. The first-order valence-corrected chi connectivity index (χ1v) is 8.73.